The van der Waals surface area contributed by atoms with Gasteiger partial charge in [0.05, 0.1) is 12.7 Å². The van der Waals surface area contributed by atoms with Gasteiger partial charge < -0.3 is 34.7 Å². The number of aliphatic hydroxyl groups is 3. The number of carboxylic acids is 1. The van der Waals surface area contributed by atoms with E-state index in [1.807, 2.05) is 0 Å². The molecule has 43 heavy (non-hydrogen) atoms. The fraction of sp³-hybridized carbons (Fsp3) is 0.914. The molecule has 1 unspecified atom stereocenters. The molecule has 7 nitrogen and oxygen atoms in total. The van der Waals surface area contributed by atoms with Gasteiger partial charge in [-0.2, -0.15) is 0 Å². The minimum absolute atomic E-state index is 0. The van der Waals surface area contributed by atoms with E-state index in [1.54, 1.807) is 0 Å². The van der Waals surface area contributed by atoms with Crippen LogP contribution in [-0.4, -0.2) is 58.6 Å². The van der Waals surface area contributed by atoms with Gasteiger partial charge in [0.15, 0.2) is 6.29 Å². The molecule has 4 saturated carbocycles. The van der Waals surface area contributed by atoms with Crippen LogP contribution in [0, 0.1) is 56.7 Å². The molecule has 6 aliphatic rings. The van der Waals surface area contributed by atoms with E-state index in [2.05, 4.69) is 54.5 Å². The maximum atomic E-state index is 12.8. The van der Waals surface area contributed by atoms with Crippen LogP contribution in [0.2, 0.25) is 0 Å². The Balaban J connectivity index is 0.00000368. The number of hydrogen-bond acceptors (Lipinski definition) is 7. The van der Waals surface area contributed by atoms with Gasteiger partial charge in [-0.1, -0.05) is 60.1 Å². The molecule has 0 aromatic carbocycles. The first-order valence-electron chi connectivity index (χ1n) is 16.8. The monoisotopic (exact) mass is 610 g/mol. The number of carbonyl (C=O) groups excluding carboxylic acids is 1. The van der Waals surface area contributed by atoms with Gasteiger partial charge in [0.2, 0.25) is 0 Å². The summed E-state index contributed by atoms with van der Waals surface area (Å²) in [6, 6.07) is 0. The van der Waals surface area contributed by atoms with Crippen LogP contribution in [-0.2, 0) is 14.3 Å². The van der Waals surface area contributed by atoms with Crippen LogP contribution >= 0.6 is 0 Å². The quantitative estimate of drug-likeness (QED) is 0.250. The van der Waals surface area contributed by atoms with Crippen molar-refractivity contribution in [2.24, 2.45) is 56.7 Å². The van der Waals surface area contributed by atoms with E-state index in [4.69, 9.17) is 9.47 Å². The molecule has 14 atom stereocenters. The third-order valence-corrected chi connectivity index (χ3v) is 15.1. The maximum absolute atomic E-state index is 12.8. The first-order valence-corrected chi connectivity index (χ1v) is 16.8. The molecule has 1 heterocycles. The SMILES string of the molecule is C[C@@H]1CC[C@]2(C(=O)[O-])CC[C@]3(C)C(=CC[C@@H]4[C@@]5(C)CC[C@H](O[C@@H]6OC[C@H](O)[C@H](O)[C@H]6O)C(C)(C)[C@@H]5CC[C@]43C)C2[C@H]1C.[Na+]. The first-order chi connectivity index (χ1) is 19.5. The molecular formula is C35H55NaO7. The van der Waals surface area contributed by atoms with Crippen molar-refractivity contribution in [2.45, 2.75) is 137 Å². The molecule has 5 aliphatic carbocycles. The minimum atomic E-state index is -1.28. The Hall–Kier alpha value is 0.01000. The number of allylic oxidation sites excluding steroid dienone is 2. The summed E-state index contributed by atoms with van der Waals surface area (Å²) in [5.74, 6) is 0.972. The third kappa shape index (κ3) is 4.67. The Labute approximate surface area is 280 Å². The summed E-state index contributed by atoms with van der Waals surface area (Å²) in [6.07, 6.45) is 6.13. The fourth-order valence-electron chi connectivity index (χ4n) is 12.1. The maximum Gasteiger partial charge on any atom is 1.00 e. The van der Waals surface area contributed by atoms with Crippen molar-refractivity contribution in [2.75, 3.05) is 6.61 Å². The molecule has 6 rings (SSSR count). The summed E-state index contributed by atoms with van der Waals surface area (Å²) in [4.78, 5) is 12.8. The van der Waals surface area contributed by atoms with Gasteiger partial charge in [-0.15, -0.1) is 0 Å². The number of hydrogen-bond donors (Lipinski definition) is 3. The molecule has 0 bridgehead atoms. The van der Waals surface area contributed by atoms with Gasteiger partial charge in [-0.25, -0.2) is 0 Å². The average Bonchev–Trinajstić information content (AvgIpc) is 2.92. The van der Waals surface area contributed by atoms with Crippen molar-refractivity contribution in [1.29, 1.82) is 0 Å². The molecule has 0 amide bonds. The number of rotatable bonds is 3. The summed E-state index contributed by atoms with van der Waals surface area (Å²) in [7, 11) is 0. The number of carbonyl (C=O) groups is 1. The molecule has 0 radical (unpaired) electrons. The van der Waals surface area contributed by atoms with Crippen molar-refractivity contribution in [3.8, 4) is 0 Å². The Morgan fingerprint density at radius 2 is 1.63 bits per heavy atom. The first kappa shape index (κ1) is 34.3. The van der Waals surface area contributed by atoms with E-state index in [0.29, 0.717) is 23.7 Å². The van der Waals surface area contributed by atoms with Crippen LogP contribution in [0.4, 0.5) is 0 Å². The second kappa shape index (κ2) is 11.3. The Bertz CT molecular complexity index is 1130. The standard InChI is InChI=1S/C35H56O7.Na/c1-19-10-15-35(30(39)40)17-16-33(6)21(26(35)20(19)2)8-9-24-32(5)13-12-25(31(3,4)23(32)11-14-34(24,33)7)42-29-28(38)27(37)22(36)18-41-29;/h8,19-20,22-29,36-38H,9-18H2,1-7H3,(H,39,40);/q;+1/p-1/t19-,20+,22+,23+,24-,25+,26?,27+,28-,29+,32+,33-,34-,35+;/m1./s1. The van der Waals surface area contributed by atoms with Crippen LogP contribution < -0.4 is 34.7 Å². The van der Waals surface area contributed by atoms with E-state index >= 15 is 0 Å². The molecule has 1 aliphatic heterocycles. The van der Waals surface area contributed by atoms with Gasteiger partial charge in [0.1, 0.15) is 18.3 Å². The van der Waals surface area contributed by atoms with E-state index in [1.165, 1.54) is 5.57 Å². The van der Waals surface area contributed by atoms with Gasteiger partial charge >= 0.3 is 29.6 Å². The van der Waals surface area contributed by atoms with Crippen LogP contribution in [0.15, 0.2) is 11.6 Å². The third-order valence-electron chi connectivity index (χ3n) is 15.1. The Kier molecular flexibility index (Phi) is 9.04. The molecule has 238 valence electrons. The molecule has 0 aromatic heterocycles. The van der Waals surface area contributed by atoms with Crippen LogP contribution in [0.3, 0.4) is 0 Å². The van der Waals surface area contributed by atoms with Gasteiger partial charge in [-0.3, -0.25) is 0 Å². The summed E-state index contributed by atoms with van der Waals surface area (Å²) in [5.41, 5.74) is 0.665. The summed E-state index contributed by atoms with van der Waals surface area (Å²) in [6.45, 7) is 16.7. The zero-order valence-corrected chi connectivity index (χ0v) is 29.9. The van der Waals surface area contributed by atoms with Gasteiger partial charge in [-0.05, 0) is 109 Å². The van der Waals surface area contributed by atoms with Crippen molar-refractivity contribution in [3.63, 3.8) is 0 Å². The number of aliphatic hydroxyl groups excluding tert-OH is 3. The molecule has 0 spiro atoms. The van der Waals surface area contributed by atoms with E-state index < -0.39 is 36.0 Å². The summed E-state index contributed by atoms with van der Waals surface area (Å²) >= 11 is 0. The molecule has 3 N–H and O–H groups in total. The number of carboxylic acid groups (broad SMARTS) is 1. The van der Waals surface area contributed by atoms with Crippen molar-refractivity contribution in [1.82, 2.24) is 0 Å². The zero-order chi connectivity index (χ0) is 30.6. The van der Waals surface area contributed by atoms with Gasteiger partial charge in [0.25, 0.3) is 0 Å². The summed E-state index contributed by atoms with van der Waals surface area (Å²) in [5, 5.41) is 43.6. The number of fused-ring (bicyclic) bond motifs is 7. The zero-order valence-electron chi connectivity index (χ0n) is 27.9. The molecule has 5 fully saturated rings. The Morgan fingerprint density at radius 1 is 0.930 bits per heavy atom. The van der Waals surface area contributed by atoms with Gasteiger partial charge in [0, 0.05) is 11.4 Å². The molecule has 0 aromatic rings. The van der Waals surface area contributed by atoms with Crippen molar-refractivity contribution >= 4 is 5.97 Å². The number of ether oxygens (including phenoxy) is 2. The predicted molar refractivity (Wildman–Crippen MR) is 157 cm³/mol. The number of aliphatic carboxylic acids is 1. The topological polar surface area (TPSA) is 119 Å². The second-order valence-electron chi connectivity index (χ2n) is 16.8. The molecule has 1 saturated heterocycles. The minimum Gasteiger partial charge on any atom is -0.550 e. The fourth-order valence-corrected chi connectivity index (χ4v) is 12.1. The predicted octanol–water partition coefficient (Wildman–Crippen LogP) is 1.22. The second-order valence-corrected chi connectivity index (χ2v) is 16.8. The van der Waals surface area contributed by atoms with Crippen LogP contribution in [0.5, 0.6) is 0 Å². The molecular weight excluding hydrogens is 555 g/mol. The van der Waals surface area contributed by atoms with E-state index in [0.717, 1.165) is 57.8 Å². The molecule has 8 heteroatoms. The van der Waals surface area contributed by atoms with Crippen molar-refractivity contribution < 1.29 is 64.3 Å². The largest absolute Gasteiger partial charge is 1.00 e. The smallest absolute Gasteiger partial charge is 0.550 e. The van der Waals surface area contributed by atoms with E-state index in [-0.39, 0.29) is 69.8 Å². The van der Waals surface area contributed by atoms with Crippen molar-refractivity contribution in [3.05, 3.63) is 11.6 Å². The van der Waals surface area contributed by atoms with Crippen LogP contribution in [0.1, 0.15) is 106 Å². The average molecular weight is 611 g/mol. The Morgan fingerprint density at radius 3 is 2.30 bits per heavy atom. The summed E-state index contributed by atoms with van der Waals surface area (Å²) < 4.78 is 12.1. The van der Waals surface area contributed by atoms with E-state index in [9.17, 15) is 25.2 Å². The normalized spacial score (nSPS) is 54.0. The van der Waals surface area contributed by atoms with Crippen LogP contribution in [0.25, 0.3) is 0 Å².